The van der Waals surface area contributed by atoms with E-state index in [1.807, 2.05) is 23.7 Å². The Balaban J connectivity index is 1.62. The first kappa shape index (κ1) is 23.4. The summed E-state index contributed by atoms with van der Waals surface area (Å²) in [5, 5.41) is 8.24. The van der Waals surface area contributed by atoms with Crippen LogP contribution in [0.5, 0.6) is 0 Å². The summed E-state index contributed by atoms with van der Waals surface area (Å²) in [5.74, 6) is -0.329. The fourth-order valence-corrected chi connectivity index (χ4v) is 5.18. The zero-order valence-corrected chi connectivity index (χ0v) is 19.8. The molecule has 2 aromatic rings. The molecule has 33 heavy (non-hydrogen) atoms. The van der Waals surface area contributed by atoms with Crippen molar-refractivity contribution >= 4 is 17.4 Å². The lowest BCUT2D eigenvalue weighted by Crippen LogP contribution is -2.31. The van der Waals surface area contributed by atoms with Crippen molar-refractivity contribution in [3.8, 4) is 5.69 Å². The van der Waals surface area contributed by atoms with Crippen LogP contribution in [0.2, 0.25) is 0 Å². The maximum absolute atomic E-state index is 12.8. The number of ketones is 1. The van der Waals surface area contributed by atoms with E-state index in [1.165, 1.54) is 0 Å². The molecule has 1 aromatic heterocycles. The topological polar surface area (TPSA) is 125 Å². The van der Waals surface area contributed by atoms with Crippen LogP contribution < -0.4 is 16.8 Å². The van der Waals surface area contributed by atoms with Gasteiger partial charge in [-0.25, -0.2) is 4.68 Å². The van der Waals surface area contributed by atoms with Crippen LogP contribution in [-0.4, -0.2) is 46.8 Å². The number of nitrogens with two attached hydrogens (primary N) is 2. The summed E-state index contributed by atoms with van der Waals surface area (Å²) >= 11 is 0. The molecule has 2 aliphatic carbocycles. The zero-order valence-electron chi connectivity index (χ0n) is 19.8. The Labute approximate surface area is 195 Å². The number of anilines is 1. The number of hydrogen-bond donors (Lipinski definition) is 3. The van der Waals surface area contributed by atoms with E-state index >= 15 is 0 Å². The van der Waals surface area contributed by atoms with Crippen molar-refractivity contribution in [1.82, 2.24) is 9.78 Å². The van der Waals surface area contributed by atoms with E-state index in [9.17, 15) is 9.59 Å². The van der Waals surface area contributed by atoms with Crippen LogP contribution in [-0.2, 0) is 11.2 Å². The smallest absolute Gasteiger partial charge is 0.250 e. The highest BCUT2D eigenvalue weighted by molar-refractivity contribution is 6.00. The zero-order chi connectivity index (χ0) is 23.8. The standard InChI is InChI=1S/C25H35N5O3/c1-15-23-21(13-25(2,3)14-22(23)31)30(29-15)17-6-9-19(24(27)32)20(12-17)28-16-4-7-18(8-5-16)33-11-10-26/h6,9,12,16,18,28H,4-5,7-8,10-11,13-14,26H2,1-3H3,(H2,27,32). The van der Waals surface area contributed by atoms with E-state index in [1.54, 1.807) is 6.07 Å². The lowest BCUT2D eigenvalue weighted by Gasteiger charge is -2.30. The molecule has 0 unspecified atom stereocenters. The largest absolute Gasteiger partial charge is 0.382 e. The van der Waals surface area contributed by atoms with Gasteiger partial charge in [0, 0.05) is 24.7 Å². The molecule has 1 saturated carbocycles. The molecule has 0 aliphatic heterocycles. The first-order valence-corrected chi connectivity index (χ1v) is 11.8. The lowest BCUT2D eigenvalue weighted by atomic mass is 9.75. The third kappa shape index (κ3) is 4.96. The molecule has 1 amide bonds. The van der Waals surface area contributed by atoms with Crippen molar-refractivity contribution in [2.45, 2.75) is 71.4 Å². The van der Waals surface area contributed by atoms with Gasteiger partial charge < -0.3 is 21.5 Å². The molecule has 5 N–H and O–H groups in total. The molecule has 0 saturated heterocycles. The number of hydrogen-bond acceptors (Lipinski definition) is 6. The Bertz CT molecular complexity index is 1050. The maximum atomic E-state index is 12.8. The van der Waals surface area contributed by atoms with Crippen LogP contribution in [0, 0.1) is 12.3 Å². The average Bonchev–Trinajstić information content (AvgIpc) is 3.08. The molecule has 1 heterocycles. The number of benzene rings is 1. The average molecular weight is 454 g/mol. The first-order chi connectivity index (χ1) is 15.7. The highest BCUT2D eigenvalue weighted by Crippen LogP contribution is 2.37. The number of amides is 1. The molecular weight excluding hydrogens is 418 g/mol. The fraction of sp³-hybridized carbons (Fsp3) is 0.560. The highest BCUT2D eigenvalue weighted by Gasteiger charge is 2.36. The van der Waals surface area contributed by atoms with Gasteiger partial charge in [0.05, 0.1) is 40.9 Å². The van der Waals surface area contributed by atoms with Gasteiger partial charge in [-0.05, 0) is 62.6 Å². The molecule has 1 aromatic carbocycles. The Morgan fingerprint density at radius 3 is 2.64 bits per heavy atom. The second kappa shape index (κ2) is 9.27. The van der Waals surface area contributed by atoms with Crippen molar-refractivity contribution in [2.75, 3.05) is 18.5 Å². The quantitative estimate of drug-likeness (QED) is 0.591. The predicted octanol–water partition coefficient (Wildman–Crippen LogP) is 3.13. The lowest BCUT2D eigenvalue weighted by molar-refractivity contribution is 0.0312. The summed E-state index contributed by atoms with van der Waals surface area (Å²) in [5.41, 5.74) is 15.5. The summed E-state index contributed by atoms with van der Waals surface area (Å²) in [6.07, 6.45) is 5.32. The number of aromatic nitrogens is 2. The number of fused-ring (bicyclic) bond motifs is 1. The molecule has 0 bridgehead atoms. The summed E-state index contributed by atoms with van der Waals surface area (Å²) in [6.45, 7) is 7.22. The third-order valence-corrected chi connectivity index (χ3v) is 6.74. The number of ether oxygens (including phenoxy) is 1. The van der Waals surface area contributed by atoms with Crippen LogP contribution in [0.4, 0.5) is 5.69 Å². The van der Waals surface area contributed by atoms with Gasteiger partial charge >= 0.3 is 0 Å². The van der Waals surface area contributed by atoms with E-state index in [4.69, 9.17) is 21.3 Å². The molecule has 0 atom stereocenters. The Morgan fingerprint density at radius 1 is 1.24 bits per heavy atom. The third-order valence-electron chi connectivity index (χ3n) is 6.74. The predicted molar refractivity (Wildman–Crippen MR) is 128 cm³/mol. The van der Waals surface area contributed by atoms with Crippen LogP contribution in [0.15, 0.2) is 18.2 Å². The Morgan fingerprint density at radius 2 is 1.97 bits per heavy atom. The van der Waals surface area contributed by atoms with Gasteiger partial charge in [0.2, 0.25) is 0 Å². The van der Waals surface area contributed by atoms with Crippen molar-refractivity contribution in [3.63, 3.8) is 0 Å². The van der Waals surface area contributed by atoms with Crippen molar-refractivity contribution in [3.05, 3.63) is 40.7 Å². The molecule has 1 fully saturated rings. The van der Waals surface area contributed by atoms with Crippen molar-refractivity contribution in [1.29, 1.82) is 0 Å². The molecule has 178 valence electrons. The summed E-state index contributed by atoms with van der Waals surface area (Å²) in [7, 11) is 0. The van der Waals surface area contributed by atoms with Gasteiger partial charge in [-0.1, -0.05) is 13.8 Å². The summed E-state index contributed by atoms with van der Waals surface area (Å²) < 4.78 is 7.64. The summed E-state index contributed by atoms with van der Waals surface area (Å²) in [6, 6.07) is 5.75. The van der Waals surface area contributed by atoms with Gasteiger partial charge in [0.1, 0.15) is 0 Å². The molecule has 8 heteroatoms. The number of rotatable bonds is 7. The number of carbonyl (C=O) groups is 2. The summed E-state index contributed by atoms with van der Waals surface area (Å²) in [4.78, 5) is 24.9. The minimum absolute atomic E-state index is 0.118. The van der Waals surface area contributed by atoms with Gasteiger partial charge in [-0.2, -0.15) is 5.10 Å². The van der Waals surface area contributed by atoms with Gasteiger partial charge in [0.15, 0.2) is 5.78 Å². The maximum Gasteiger partial charge on any atom is 0.250 e. The number of aryl methyl sites for hydroxylation is 1. The van der Waals surface area contributed by atoms with Crippen molar-refractivity contribution in [2.24, 2.45) is 16.9 Å². The van der Waals surface area contributed by atoms with Crippen LogP contribution in [0.3, 0.4) is 0 Å². The van der Waals surface area contributed by atoms with Gasteiger partial charge in [-0.3, -0.25) is 9.59 Å². The Kier molecular flexibility index (Phi) is 6.59. The Hall–Kier alpha value is -2.71. The first-order valence-electron chi connectivity index (χ1n) is 11.8. The number of Topliss-reactive ketones (excluding diaryl/α,β-unsaturated/α-hetero) is 1. The van der Waals surface area contributed by atoms with Crippen LogP contribution >= 0.6 is 0 Å². The van der Waals surface area contributed by atoms with Crippen LogP contribution in [0.1, 0.15) is 78.1 Å². The normalized spacial score (nSPS) is 22.1. The number of nitrogens with zero attached hydrogens (tertiary/aromatic N) is 2. The van der Waals surface area contributed by atoms with Crippen molar-refractivity contribution < 1.29 is 14.3 Å². The minimum Gasteiger partial charge on any atom is -0.382 e. The van der Waals surface area contributed by atoms with E-state index in [2.05, 4.69) is 19.2 Å². The van der Waals surface area contributed by atoms with E-state index < -0.39 is 5.91 Å². The molecule has 4 rings (SSSR count). The van der Waals surface area contributed by atoms with E-state index in [-0.39, 0.29) is 23.3 Å². The molecule has 8 nitrogen and oxygen atoms in total. The molecule has 0 radical (unpaired) electrons. The second-order valence-corrected chi connectivity index (χ2v) is 10.1. The highest BCUT2D eigenvalue weighted by atomic mass is 16.5. The second-order valence-electron chi connectivity index (χ2n) is 10.1. The van der Waals surface area contributed by atoms with Gasteiger partial charge in [0.25, 0.3) is 5.91 Å². The monoisotopic (exact) mass is 453 g/mol. The number of nitrogens with one attached hydrogen (secondary N) is 1. The molecule has 0 spiro atoms. The van der Waals surface area contributed by atoms with E-state index in [0.717, 1.165) is 54.7 Å². The van der Waals surface area contributed by atoms with Crippen LogP contribution in [0.25, 0.3) is 5.69 Å². The molecular formula is C25H35N5O3. The fourth-order valence-electron chi connectivity index (χ4n) is 5.18. The number of primary amides is 1. The minimum atomic E-state index is -0.473. The molecule has 2 aliphatic rings. The number of carbonyl (C=O) groups excluding carboxylic acids is 2. The SMILES string of the molecule is Cc1nn(-c2ccc(C(N)=O)c(NC3CCC(OCCN)CC3)c2)c2c1C(=O)CC(C)(C)C2. The van der Waals surface area contributed by atoms with E-state index in [0.29, 0.717) is 30.8 Å². The van der Waals surface area contributed by atoms with Gasteiger partial charge in [-0.15, -0.1) is 0 Å².